The molecule has 0 aliphatic rings. The molecule has 0 aliphatic carbocycles. The van der Waals surface area contributed by atoms with E-state index in [9.17, 15) is 9.59 Å². The lowest BCUT2D eigenvalue weighted by Gasteiger charge is -2.07. The van der Waals surface area contributed by atoms with Crippen molar-refractivity contribution < 1.29 is 19.8 Å². The normalized spacial score (nSPS) is 9.20. The van der Waals surface area contributed by atoms with Gasteiger partial charge in [0.2, 0.25) is 0 Å². The largest absolute Gasteiger partial charge is 0.478 e. The first-order chi connectivity index (χ1) is 6.45. The summed E-state index contributed by atoms with van der Waals surface area (Å²) in [4.78, 5) is 21.5. The Kier molecular flexibility index (Phi) is 3.99. The molecule has 15 heavy (non-hydrogen) atoms. The zero-order valence-electron chi connectivity index (χ0n) is 8.57. The molecule has 0 saturated carbocycles. The van der Waals surface area contributed by atoms with E-state index in [0.717, 1.165) is 0 Å². The zero-order chi connectivity index (χ0) is 10.9. The van der Waals surface area contributed by atoms with E-state index in [1.807, 2.05) is 0 Å². The number of aromatic carboxylic acids is 2. The summed E-state index contributed by atoms with van der Waals surface area (Å²) in [6.07, 6.45) is 0. The highest BCUT2D eigenvalue weighted by Gasteiger charge is 2.16. The van der Waals surface area contributed by atoms with Gasteiger partial charge in [-0.1, -0.05) is 6.07 Å². The van der Waals surface area contributed by atoms with Gasteiger partial charge < -0.3 is 16.4 Å². The van der Waals surface area contributed by atoms with Crippen molar-refractivity contribution in [1.29, 1.82) is 0 Å². The van der Waals surface area contributed by atoms with E-state index < -0.39 is 11.9 Å². The van der Waals surface area contributed by atoms with Crippen molar-refractivity contribution >= 4 is 11.9 Å². The Morgan fingerprint density at radius 1 is 1.07 bits per heavy atom. The quantitative estimate of drug-likeness (QED) is 0.691. The molecule has 1 rings (SSSR count). The van der Waals surface area contributed by atoms with Crippen molar-refractivity contribution in [2.75, 3.05) is 0 Å². The molecule has 82 valence electrons. The minimum Gasteiger partial charge on any atom is -0.478 e. The molecule has 0 fully saturated rings. The highest BCUT2D eigenvalue weighted by molar-refractivity contribution is 5.97. The lowest BCUT2D eigenvalue weighted by molar-refractivity contribution is 0.0695. The number of hydrogen-bond donors (Lipinski definition) is 3. The maximum absolute atomic E-state index is 10.8. The van der Waals surface area contributed by atoms with Crippen LogP contribution >= 0.6 is 0 Å². The Morgan fingerprint density at radius 3 is 2.00 bits per heavy atom. The van der Waals surface area contributed by atoms with Gasteiger partial charge in [0.25, 0.3) is 0 Å². The smallest absolute Gasteiger partial charge is 0.336 e. The minimum absolute atomic E-state index is 0. The summed E-state index contributed by atoms with van der Waals surface area (Å²) in [6, 6.07) is 2.92. The molecule has 0 saturated heterocycles. The van der Waals surface area contributed by atoms with Crippen molar-refractivity contribution in [1.82, 2.24) is 6.15 Å². The van der Waals surface area contributed by atoms with Gasteiger partial charge in [-0.25, -0.2) is 9.59 Å². The predicted molar refractivity (Wildman–Crippen MR) is 54.9 cm³/mol. The molecular formula is C10H13NO4. The highest BCUT2D eigenvalue weighted by atomic mass is 16.4. The van der Waals surface area contributed by atoms with Gasteiger partial charge in [-0.15, -0.1) is 0 Å². The van der Waals surface area contributed by atoms with Crippen molar-refractivity contribution in [2.24, 2.45) is 0 Å². The summed E-state index contributed by atoms with van der Waals surface area (Å²) in [5.41, 5.74) is 0.975. The Labute approximate surface area is 86.9 Å². The van der Waals surface area contributed by atoms with Gasteiger partial charge in [0.15, 0.2) is 0 Å². The van der Waals surface area contributed by atoms with Crippen LogP contribution in [0.25, 0.3) is 0 Å². The minimum atomic E-state index is -1.11. The lowest BCUT2D eigenvalue weighted by atomic mass is 9.98. The summed E-state index contributed by atoms with van der Waals surface area (Å²) in [7, 11) is 0. The molecular weight excluding hydrogens is 198 g/mol. The molecule has 0 aliphatic heterocycles. The molecule has 0 unspecified atom stereocenters. The number of carbonyl (C=O) groups is 2. The molecule has 1 aromatic rings. The van der Waals surface area contributed by atoms with E-state index in [1.165, 1.54) is 19.1 Å². The monoisotopic (exact) mass is 211 g/mol. The van der Waals surface area contributed by atoms with Crippen molar-refractivity contribution in [3.8, 4) is 0 Å². The molecule has 0 spiro atoms. The SMILES string of the molecule is Cc1ccc(C(=O)O)c(C)c1C(=O)O.N. The van der Waals surface area contributed by atoms with Crippen LogP contribution < -0.4 is 6.15 Å². The Morgan fingerprint density at radius 2 is 1.60 bits per heavy atom. The van der Waals surface area contributed by atoms with Crippen LogP contribution in [0.5, 0.6) is 0 Å². The van der Waals surface area contributed by atoms with Gasteiger partial charge in [-0.3, -0.25) is 0 Å². The molecule has 5 N–H and O–H groups in total. The predicted octanol–water partition coefficient (Wildman–Crippen LogP) is 1.86. The highest BCUT2D eigenvalue weighted by Crippen LogP contribution is 2.18. The van der Waals surface area contributed by atoms with Crippen LogP contribution in [0.3, 0.4) is 0 Å². The number of benzene rings is 1. The van der Waals surface area contributed by atoms with Gasteiger partial charge in [0.05, 0.1) is 11.1 Å². The molecule has 0 atom stereocenters. The standard InChI is InChI=1S/C10H10O4.H3N/c1-5-3-4-7(9(11)12)6(2)8(5)10(13)14;/h3-4H,1-2H3,(H,11,12)(H,13,14);1H3. The van der Waals surface area contributed by atoms with Gasteiger partial charge in [-0.2, -0.15) is 0 Å². The first kappa shape index (κ1) is 13.1. The van der Waals surface area contributed by atoms with E-state index in [4.69, 9.17) is 10.2 Å². The second-order valence-electron chi connectivity index (χ2n) is 3.04. The zero-order valence-corrected chi connectivity index (χ0v) is 8.57. The average molecular weight is 211 g/mol. The number of aryl methyl sites for hydroxylation is 1. The van der Waals surface area contributed by atoms with Gasteiger partial charge in [0, 0.05) is 0 Å². The van der Waals surface area contributed by atoms with Crippen molar-refractivity contribution in [3.63, 3.8) is 0 Å². The fraction of sp³-hybridized carbons (Fsp3) is 0.200. The summed E-state index contributed by atoms with van der Waals surface area (Å²) < 4.78 is 0. The van der Waals surface area contributed by atoms with Crippen molar-refractivity contribution in [2.45, 2.75) is 13.8 Å². The Balaban J connectivity index is 0.00000196. The molecule has 0 amide bonds. The van der Waals surface area contributed by atoms with Crippen molar-refractivity contribution in [3.05, 3.63) is 34.4 Å². The van der Waals surface area contributed by atoms with E-state index in [2.05, 4.69) is 0 Å². The first-order valence-electron chi connectivity index (χ1n) is 4.02. The molecule has 0 radical (unpaired) electrons. The maximum Gasteiger partial charge on any atom is 0.336 e. The number of carboxylic acids is 2. The van der Waals surface area contributed by atoms with Gasteiger partial charge in [-0.05, 0) is 31.0 Å². The third-order valence-corrected chi connectivity index (χ3v) is 2.12. The lowest BCUT2D eigenvalue weighted by Crippen LogP contribution is -2.08. The topological polar surface area (TPSA) is 110 Å². The van der Waals surface area contributed by atoms with Crippen LogP contribution in [0.4, 0.5) is 0 Å². The van der Waals surface area contributed by atoms with Crippen LogP contribution in [0.1, 0.15) is 31.8 Å². The van der Waals surface area contributed by atoms with Gasteiger partial charge in [0.1, 0.15) is 0 Å². The molecule has 0 heterocycles. The van der Waals surface area contributed by atoms with Crippen LogP contribution in [-0.4, -0.2) is 22.2 Å². The van der Waals surface area contributed by atoms with Gasteiger partial charge >= 0.3 is 11.9 Å². The van der Waals surface area contributed by atoms with E-state index in [0.29, 0.717) is 11.1 Å². The molecule has 0 aromatic heterocycles. The maximum atomic E-state index is 10.8. The fourth-order valence-electron chi connectivity index (χ4n) is 1.41. The molecule has 0 bridgehead atoms. The van der Waals surface area contributed by atoms with Crippen LogP contribution in [-0.2, 0) is 0 Å². The molecule has 5 nitrogen and oxygen atoms in total. The van der Waals surface area contributed by atoms with Crippen LogP contribution in [0, 0.1) is 13.8 Å². The van der Waals surface area contributed by atoms with E-state index in [1.54, 1.807) is 6.92 Å². The fourth-order valence-corrected chi connectivity index (χ4v) is 1.41. The average Bonchev–Trinajstić information content (AvgIpc) is 2.02. The number of hydrogen-bond acceptors (Lipinski definition) is 3. The second kappa shape index (κ2) is 4.56. The summed E-state index contributed by atoms with van der Waals surface area (Å²) in [5.74, 6) is -2.20. The van der Waals surface area contributed by atoms with Crippen LogP contribution in [0.2, 0.25) is 0 Å². The Bertz CT molecular complexity index is 412. The Hall–Kier alpha value is -1.88. The third-order valence-electron chi connectivity index (χ3n) is 2.12. The second-order valence-corrected chi connectivity index (χ2v) is 3.04. The third kappa shape index (κ3) is 2.32. The summed E-state index contributed by atoms with van der Waals surface area (Å²) in [6.45, 7) is 3.14. The van der Waals surface area contributed by atoms with E-state index >= 15 is 0 Å². The summed E-state index contributed by atoms with van der Waals surface area (Å²) in [5, 5.41) is 17.6. The number of rotatable bonds is 2. The molecule has 1 aromatic carbocycles. The summed E-state index contributed by atoms with van der Waals surface area (Å²) >= 11 is 0. The van der Waals surface area contributed by atoms with E-state index in [-0.39, 0.29) is 17.3 Å². The van der Waals surface area contributed by atoms with Crippen LogP contribution in [0.15, 0.2) is 12.1 Å². The number of carboxylic acid groups (broad SMARTS) is 2. The first-order valence-corrected chi connectivity index (χ1v) is 4.02. The molecule has 5 heteroatoms.